The molecule has 3 N–H and O–H groups in total. The maximum atomic E-state index is 12.7. The normalized spacial score (nSPS) is 12.6. The molecule has 6 nitrogen and oxygen atoms in total. The van der Waals surface area contributed by atoms with Crippen molar-refractivity contribution in [3.63, 3.8) is 0 Å². The van der Waals surface area contributed by atoms with Gasteiger partial charge in [0, 0.05) is 6.04 Å². The third-order valence-electron chi connectivity index (χ3n) is 3.60. The second kappa shape index (κ2) is 7.67. The fourth-order valence-corrected chi connectivity index (χ4v) is 3.75. The van der Waals surface area contributed by atoms with Crippen molar-refractivity contribution in [2.75, 3.05) is 6.61 Å². The minimum absolute atomic E-state index is 0.00320. The number of carboxylic acids is 1. The predicted octanol–water partition coefficient (Wildman–Crippen LogP) is 2.18. The largest absolute Gasteiger partial charge is 0.482 e. The van der Waals surface area contributed by atoms with Crippen LogP contribution in [0.5, 0.6) is 5.75 Å². The van der Waals surface area contributed by atoms with Gasteiger partial charge in [-0.05, 0) is 61.7 Å². The molecule has 0 amide bonds. The number of aryl methyl sites for hydroxylation is 1. The topological polar surface area (TPSA) is 107 Å². The molecule has 0 heterocycles. The molecule has 0 saturated carbocycles. The molecule has 0 aliphatic carbocycles. The molecule has 7 heteroatoms. The number of rotatable bonds is 7. The summed E-state index contributed by atoms with van der Waals surface area (Å²) in [6, 6.07) is 11.0. The van der Waals surface area contributed by atoms with Crippen molar-refractivity contribution < 1.29 is 23.1 Å². The number of sulfone groups is 1. The smallest absolute Gasteiger partial charge is 0.341 e. The number of carboxylic acid groups (broad SMARTS) is 1. The zero-order chi connectivity index (χ0) is 18.6. The Hall–Kier alpha value is -2.38. The number of ether oxygens (including phenoxy) is 1. The molecule has 25 heavy (non-hydrogen) atoms. The molecule has 134 valence electrons. The Morgan fingerprint density at radius 2 is 1.76 bits per heavy atom. The van der Waals surface area contributed by atoms with Crippen molar-refractivity contribution in [2.45, 2.75) is 36.1 Å². The Morgan fingerprint density at radius 3 is 2.28 bits per heavy atom. The van der Waals surface area contributed by atoms with Gasteiger partial charge in [0.15, 0.2) is 6.61 Å². The lowest BCUT2D eigenvalue weighted by Crippen LogP contribution is -2.17. The molecule has 0 aromatic heterocycles. The first-order valence-electron chi connectivity index (χ1n) is 7.75. The van der Waals surface area contributed by atoms with Gasteiger partial charge in [0.05, 0.1) is 9.79 Å². The summed E-state index contributed by atoms with van der Waals surface area (Å²) in [4.78, 5) is 10.9. The summed E-state index contributed by atoms with van der Waals surface area (Å²) in [5.74, 6) is -0.753. The van der Waals surface area contributed by atoms with E-state index in [9.17, 15) is 13.2 Å². The molecule has 2 rings (SSSR count). The average molecular weight is 363 g/mol. The molecule has 2 aromatic rings. The van der Waals surface area contributed by atoms with Gasteiger partial charge in [0.2, 0.25) is 9.84 Å². The van der Waals surface area contributed by atoms with Crippen LogP contribution >= 0.6 is 0 Å². The van der Waals surface area contributed by atoms with Gasteiger partial charge in [-0.3, -0.25) is 0 Å². The Labute approximate surface area is 147 Å². The lowest BCUT2D eigenvalue weighted by atomic mass is 10.1. The average Bonchev–Trinajstić information content (AvgIpc) is 2.53. The highest BCUT2D eigenvalue weighted by Crippen LogP contribution is 2.26. The highest BCUT2D eigenvalue weighted by atomic mass is 32.2. The van der Waals surface area contributed by atoms with E-state index < -0.39 is 22.4 Å². The second-order valence-electron chi connectivity index (χ2n) is 5.94. The van der Waals surface area contributed by atoms with Crippen molar-refractivity contribution >= 4 is 15.8 Å². The summed E-state index contributed by atoms with van der Waals surface area (Å²) in [6.45, 7) is 3.08. The molecule has 0 bridgehead atoms. The van der Waals surface area contributed by atoms with Gasteiger partial charge >= 0.3 is 5.97 Å². The summed E-state index contributed by atoms with van der Waals surface area (Å²) in [5, 5.41) is 8.65. The number of carbonyl (C=O) groups is 1. The molecule has 0 aliphatic rings. The highest BCUT2D eigenvalue weighted by Gasteiger charge is 2.19. The van der Waals surface area contributed by atoms with Gasteiger partial charge in [-0.1, -0.05) is 12.1 Å². The van der Waals surface area contributed by atoms with E-state index in [-0.39, 0.29) is 15.8 Å². The second-order valence-corrected chi connectivity index (χ2v) is 7.89. The molecular weight excluding hydrogens is 342 g/mol. The van der Waals surface area contributed by atoms with Crippen LogP contribution in [0.15, 0.2) is 52.3 Å². The van der Waals surface area contributed by atoms with Crippen LogP contribution in [0.2, 0.25) is 0 Å². The molecule has 2 aromatic carbocycles. The van der Waals surface area contributed by atoms with Crippen LogP contribution in [0.3, 0.4) is 0 Å². The summed E-state index contributed by atoms with van der Waals surface area (Å²) in [5.41, 5.74) is 7.27. The lowest BCUT2D eigenvalue weighted by Gasteiger charge is -2.11. The molecular formula is C18H21NO5S. The standard InChI is InChI=1S/C18H21NO5S/c1-12-9-16(7-8-17(12)24-11-18(20)21)25(22,23)15-5-3-14(4-6-15)10-13(2)19/h3-9,13H,10-11,19H2,1-2H3,(H,20,21)/t13-/m1/s1. The molecule has 0 unspecified atom stereocenters. The fourth-order valence-electron chi connectivity index (χ4n) is 2.40. The van der Waals surface area contributed by atoms with Gasteiger partial charge in [0.1, 0.15) is 5.75 Å². The number of hydrogen-bond donors (Lipinski definition) is 2. The highest BCUT2D eigenvalue weighted by molar-refractivity contribution is 7.91. The van der Waals surface area contributed by atoms with Crippen LogP contribution in [0.4, 0.5) is 0 Å². The van der Waals surface area contributed by atoms with E-state index in [1.807, 2.05) is 6.92 Å². The van der Waals surface area contributed by atoms with E-state index in [0.717, 1.165) is 5.56 Å². The van der Waals surface area contributed by atoms with Crippen LogP contribution in [-0.2, 0) is 21.1 Å². The van der Waals surface area contributed by atoms with Crippen LogP contribution in [0.1, 0.15) is 18.1 Å². The quantitative estimate of drug-likeness (QED) is 0.781. The van der Waals surface area contributed by atoms with Crippen LogP contribution < -0.4 is 10.5 Å². The van der Waals surface area contributed by atoms with E-state index in [4.69, 9.17) is 15.6 Å². The lowest BCUT2D eigenvalue weighted by molar-refractivity contribution is -0.139. The molecule has 0 saturated heterocycles. The molecule has 0 radical (unpaired) electrons. The zero-order valence-corrected chi connectivity index (χ0v) is 14.9. The fraction of sp³-hybridized carbons (Fsp3) is 0.278. The van der Waals surface area contributed by atoms with Gasteiger partial charge in [0.25, 0.3) is 0 Å². The van der Waals surface area contributed by atoms with Crippen molar-refractivity contribution in [3.05, 3.63) is 53.6 Å². The summed E-state index contributed by atoms with van der Waals surface area (Å²) < 4.78 is 30.6. The van der Waals surface area contributed by atoms with E-state index >= 15 is 0 Å². The van der Waals surface area contributed by atoms with E-state index in [2.05, 4.69) is 0 Å². The minimum atomic E-state index is -3.66. The monoisotopic (exact) mass is 363 g/mol. The first-order chi connectivity index (χ1) is 11.7. The number of nitrogens with two attached hydrogens (primary N) is 1. The summed E-state index contributed by atoms with van der Waals surface area (Å²) in [6.07, 6.45) is 0.676. The predicted molar refractivity (Wildman–Crippen MR) is 93.6 cm³/mol. The van der Waals surface area contributed by atoms with Crippen molar-refractivity contribution in [3.8, 4) is 5.75 Å². The maximum absolute atomic E-state index is 12.7. The summed E-state index contributed by atoms with van der Waals surface area (Å²) >= 11 is 0. The number of aliphatic carboxylic acids is 1. The zero-order valence-electron chi connectivity index (χ0n) is 14.1. The van der Waals surface area contributed by atoms with Crippen LogP contribution in [-0.4, -0.2) is 32.1 Å². The van der Waals surface area contributed by atoms with Gasteiger partial charge in [-0.15, -0.1) is 0 Å². The third-order valence-corrected chi connectivity index (χ3v) is 5.37. The number of benzene rings is 2. The molecule has 0 aliphatic heterocycles. The molecule has 1 atom stereocenters. The molecule has 0 spiro atoms. The van der Waals surface area contributed by atoms with E-state index in [0.29, 0.717) is 17.7 Å². The maximum Gasteiger partial charge on any atom is 0.341 e. The van der Waals surface area contributed by atoms with Crippen molar-refractivity contribution in [1.82, 2.24) is 0 Å². The Kier molecular flexibility index (Phi) is 5.81. The van der Waals surface area contributed by atoms with Crippen molar-refractivity contribution in [1.29, 1.82) is 0 Å². The first-order valence-corrected chi connectivity index (χ1v) is 9.23. The van der Waals surface area contributed by atoms with Crippen LogP contribution in [0.25, 0.3) is 0 Å². The SMILES string of the molecule is Cc1cc(S(=O)(=O)c2ccc(C[C@@H](C)N)cc2)ccc1OCC(=O)O. The Morgan fingerprint density at radius 1 is 1.16 bits per heavy atom. The minimum Gasteiger partial charge on any atom is -0.482 e. The van der Waals surface area contributed by atoms with E-state index in [1.54, 1.807) is 31.2 Å². The van der Waals surface area contributed by atoms with E-state index in [1.165, 1.54) is 18.2 Å². The van der Waals surface area contributed by atoms with Gasteiger partial charge < -0.3 is 15.6 Å². The third kappa shape index (κ3) is 4.80. The van der Waals surface area contributed by atoms with Crippen molar-refractivity contribution in [2.24, 2.45) is 5.73 Å². The molecule has 0 fully saturated rings. The van der Waals surface area contributed by atoms with Gasteiger partial charge in [-0.25, -0.2) is 13.2 Å². The first kappa shape index (κ1) is 19.0. The summed E-state index contributed by atoms with van der Waals surface area (Å²) in [7, 11) is -3.66. The Balaban J connectivity index is 2.27. The Bertz CT molecular complexity index is 858. The van der Waals surface area contributed by atoms with Crippen LogP contribution in [0, 0.1) is 6.92 Å². The number of hydrogen-bond acceptors (Lipinski definition) is 5. The van der Waals surface area contributed by atoms with Gasteiger partial charge in [-0.2, -0.15) is 0 Å².